The third-order valence-electron chi connectivity index (χ3n) is 3.58. The minimum Gasteiger partial charge on any atom is -0.493 e. The van der Waals surface area contributed by atoms with E-state index in [1.807, 2.05) is 43.3 Å². The number of imidazole rings is 1. The molecule has 5 heteroatoms. The number of fused-ring (bicyclic) bond motifs is 1. The number of pyridine rings is 1. The fourth-order valence-electron chi connectivity index (χ4n) is 2.51. The quantitative estimate of drug-likeness (QED) is 0.804. The lowest BCUT2D eigenvalue weighted by atomic mass is 10.1. The van der Waals surface area contributed by atoms with E-state index >= 15 is 0 Å². The molecule has 0 amide bonds. The van der Waals surface area contributed by atoms with Crippen molar-refractivity contribution in [2.45, 2.75) is 13.3 Å². The van der Waals surface area contributed by atoms with Gasteiger partial charge < -0.3 is 9.84 Å². The molecule has 0 saturated carbocycles. The van der Waals surface area contributed by atoms with Crippen molar-refractivity contribution in [1.82, 2.24) is 9.38 Å². The Kier molecular flexibility index (Phi) is 3.55. The molecule has 112 valence electrons. The fourth-order valence-corrected chi connectivity index (χ4v) is 2.51. The van der Waals surface area contributed by atoms with Gasteiger partial charge in [0.05, 0.1) is 24.9 Å². The van der Waals surface area contributed by atoms with Gasteiger partial charge in [-0.15, -0.1) is 0 Å². The highest BCUT2D eigenvalue weighted by molar-refractivity contribution is 5.77. The number of methoxy groups -OCH3 is 1. The van der Waals surface area contributed by atoms with Gasteiger partial charge >= 0.3 is 5.97 Å². The third-order valence-corrected chi connectivity index (χ3v) is 3.58. The maximum absolute atomic E-state index is 11.2. The first kappa shape index (κ1) is 14.1. The third kappa shape index (κ3) is 2.41. The number of carbonyl (C=O) groups is 1. The molecule has 0 atom stereocenters. The summed E-state index contributed by atoms with van der Waals surface area (Å²) in [5.74, 6) is -0.273. The molecule has 0 saturated heterocycles. The van der Waals surface area contributed by atoms with Crippen LogP contribution in [0.25, 0.3) is 16.9 Å². The van der Waals surface area contributed by atoms with Crippen molar-refractivity contribution in [2.75, 3.05) is 7.11 Å². The number of aryl methyl sites for hydroxylation is 1. The molecule has 2 aromatic heterocycles. The monoisotopic (exact) mass is 296 g/mol. The molecule has 1 N–H and O–H groups in total. The maximum atomic E-state index is 11.2. The second kappa shape index (κ2) is 5.52. The molecule has 22 heavy (non-hydrogen) atoms. The number of aliphatic carboxylic acids is 1. The molecule has 0 aliphatic carbocycles. The van der Waals surface area contributed by atoms with Crippen LogP contribution >= 0.6 is 0 Å². The van der Waals surface area contributed by atoms with Crippen LogP contribution in [-0.4, -0.2) is 27.6 Å². The zero-order valence-electron chi connectivity index (χ0n) is 12.4. The van der Waals surface area contributed by atoms with Crippen molar-refractivity contribution < 1.29 is 14.6 Å². The van der Waals surface area contributed by atoms with Gasteiger partial charge in [0, 0.05) is 11.8 Å². The summed E-state index contributed by atoms with van der Waals surface area (Å²) < 4.78 is 7.10. The molecule has 0 aliphatic rings. The minimum atomic E-state index is -0.891. The van der Waals surface area contributed by atoms with Crippen LogP contribution in [0.4, 0.5) is 0 Å². The van der Waals surface area contributed by atoms with Crippen LogP contribution in [0.1, 0.15) is 11.3 Å². The predicted molar refractivity (Wildman–Crippen MR) is 83.3 cm³/mol. The Labute approximate surface area is 127 Å². The van der Waals surface area contributed by atoms with Crippen molar-refractivity contribution in [3.8, 4) is 17.0 Å². The first-order valence-electron chi connectivity index (χ1n) is 6.93. The molecule has 0 unspecified atom stereocenters. The highest BCUT2D eigenvalue weighted by Crippen LogP contribution is 2.29. The number of ether oxygens (including phenoxy) is 1. The van der Waals surface area contributed by atoms with Gasteiger partial charge in [-0.05, 0) is 19.1 Å². The fraction of sp³-hybridized carbons (Fsp3) is 0.176. The number of benzene rings is 1. The average molecular weight is 296 g/mol. The Morgan fingerprint density at radius 2 is 2.00 bits per heavy atom. The zero-order chi connectivity index (χ0) is 15.7. The number of hydrogen-bond donors (Lipinski definition) is 1. The molecule has 3 aromatic rings. The van der Waals surface area contributed by atoms with Crippen molar-refractivity contribution in [3.63, 3.8) is 0 Å². The van der Waals surface area contributed by atoms with Crippen LogP contribution in [0.2, 0.25) is 0 Å². The van der Waals surface area contributed by atoms with E-state index in [9.17, 15) is 9.90 Å². The van der Waals surface area contributed by atoms with E-state index in [-0.39, 0.29) is 6.42 Å². The summed E-state index contributed by atoms with van der Waals surface area (Å²) in [6.07, 6.45) is 1.71. The first-order chi connectivity index (χ1) is 10.6. The highest BCUT2D eigenvalue weighted by Gasteiger charge is 2.18. The molecule has 2 heterocycles. The molecule has 1 aromatic carbocycles. The Morgan fingerprint density at radius 3 is 2.64 bits per heavy atom. The van der Waals surface area contributed by atoms with Crippen molar-refractivity contribution >= 4 is 11.6 Å². The Balaban J connectivity index is 2.27. The summed E-state index contributed by atoms with van der Waals surface area (Å²) in [5.41, 5.74) is 3.98. The van der Waals surface area contributed by atoms with Gasteiger partial charge in [-0.2, -0.15) is 0 Å². The van der Waals surface area contributed by atoms with Crippen molar-refractivity contribution in [1.29, 1.82) is 0 Å². The first-order valence-corrected chi connectivity index (χ1v) is 6.93. The highest BCUT2D eigenvalue weighted by atomic mass is 16.5. The summed E-state index contributed by atoms with van der Waals surface area (Å²) in [6, 6.07) is 11.5. The van der Waals surface area contributed by atoms with E-state index in [4.69, 9.17) is 4.74 Å². The van der Waals surface area contributed by atoms with Crippen LogP contribution in [-0.2, 0) is 11.2 Å². The lowest BCUT2D eigenvalue weighted by molar-refractivity contribution is -0.136. The molecule has 5 nitrogen and oxygen atoms in total. The van der Waals surface area contributed by atoms with E-state index in [1.54, 1.807) is 17.7 Å². The van der Waals surface area contributed by atoms with E-state index in [0.717, 1.165) is 11.1 Å². The van der Waals surface area contributed by atoms with Gasteiger partial charge in [0.15, 0.2) is 11.4 Å². The number of carboxylic acid groups (broad SMARTS) is 1. The second-order valence-electron chi connectivity index (χ2n) is 5.11. The van der Waals surface area contributed by atoms with Crippen LogP contribution in [0.5, 0.6) is 5.75 Å². The van der Waals surface area contributed by atoms with Gasteiger partial charge in [0.2, 0.25) is 0 Å². The largest absolute Gasteiger partial charge is 0.493 e. The van der Waals surface area contributed by atoms with Crippen LogP contribution in [0.3, 0.4) is 0 Å². The van der Waals surface area contributed by atoms with Crippen LogP contribution < -0.4 is 4.74 Å². The normalized spacial score (nSPS) is 10.8. The minimum absolute atomic E-state index is 0.0997. The van der Waals surface area contributed by atoms with Gasteiger partial charge in [-0.3, -0.25) is 9.20 Å². The maximum Gasteiger partial charge on any atom is 0.309 e. The average Bonchev–Trinajstić information content (AvgIpc) is 2.86. The number of hydrogen-bond acceptors (Lipinski definition) is 3. The lowest BCUT2D eigenvalue weighted by Gasteiger charge is -2.04. The standard InChI is InChI=1S/C17H16N2O3/c1-11-5-7-12(8-6-11)16-13(10-15(20)21)19-9-3-4-14(22-2)17(19)18-16/h3-9H,10H2,1-2H3,(H,20,21). The number of carboxylic acids is 1. The van der Waals surface area contributed by atoms with E-state index < -0.39 is 5.97 Å². The van der Waals surface area contributed by atoms with Crippen LogP contribution in [0, 0.1) is 6.92 Å². The summed E-state index contributed by atoms with van der Waals surface area (Å²) in [5, 5.41) is 9.21. The molecular weight excluding hydrogens is 280 g/mol. The van der Waals surface area contributed by atoms with E-state index in [2.05, 4.69) is 4.98 Å². The Hall–Kier alpha value is -2.82. The van der Waals surface area contributed by atoms with Gasteiger partial charge in [0.1, 0.15) is 0 Å². The van der Waals surface area contributed by atoms with E-state index in [1.165, 1.54) is 0 Å². The topological polar surface area (TPSA) is 63.8 Å². The second-order valence-corrected chi connectivity index (χ2v) is 5.11. The van der Waals surface area contributed by atoms with Crippen molar-refractivity contribution in [2.24, 2.45) is 0 Å². The number of aromatic nitrogens is 2. The van der Waals surface area contributed by atoms with Crippen LogP contribution in [0.15, 0.2) is 42.6 Å². The number of rotatable bonds is 4. The lowest BCUT2D eigenvalue weighted by Crippen LogP contribution is -2.04. The molecule has 0 aliphatic heterocycles. The van der Waals surface area contributed by atoms with E-state index in [0.29, 0.717) is 22.8 Å². The summed E-state index contributed by atoms with van der Waals surface area (Å²) in [7, 11) is 1.58. The van der Waals surface area contributed by atoms with Gasteiger partial charge in [-0.1, -0.05) is 29.8 Å². The smallest absolute Gasteiger partial charge is 0.309 e. The van der Waals surface area contributed by atoms with Gasteiger partial charge in [0.25, 0.3) is 0 Å². The molecule has 3 rings (SSSR count). The Morgan fingerprint density at radius 1 is 1.27 bits per heavy atom. The predicted octanol–water partition coefficient (Wildman–Crippen LogP) is 2.95. The zero-order valence-corrected chi connectivity index (χ0v) is 12.4. The summed E-state index contributed by atoms with van der Waals surface area (Å²) in [4.78, 5) is 15.8. The SMILES string of the molecule is COc1cccn2c(CC(=O)O)c(-c3ccc(C)cc3)nc12. The molecular formula is C17H16N2O3. The van der Waals surface area contributed by atoms with Gasteiger partial charge in [-0.25, -0.2) is 4.98 Å². The Bertz CT molecular complexity index is 835. The summed E-state index contributed by atoms with van der Waals surface area (Å²) in [6.45, 7) is 2.01. The molecule has 0 radical (unpaired) electrons. The summed E-state index contributed by atoms with van der Waals surface area (Å²) >= 11 is 0. The molecule has 0 bridgehead atoms. The molecule has 0 fully saturated rings. The van der Waals surface area contributed by atoms with Crippen molar-refractivity contribution in [3.05, 3.63) is 53.9 Å². The number of nitrogens with zero attached hydrogens (tertiary/aromatic N) is 2. The molecule has 0 spiro atoms.